The van der Waals surface area contributed by atoms with E-state index >= 15 is 0 Å². The summed E-state index contributed by atoms with van der Waals surface area (Å²) in [5.74, 6) is 0.398. The number of anilines is 3. The van der Waals surface area contributed by atoms with Crippen molar-refractivity contribution in [3.8, 4) is 5.75 Å². The summed E-state index contributed by atoms with van der Waals surface area (Å²) in [5.41, 5.74) is -0.236. The Hall–Kier alpha value is -1.90. The van der Waals surface area contributed by atoms with Crippen LogP contribution in [0.2, 0.25) is 5.02 Å². The summed E-state index contributed by atoms with van der Waals surface area (Å²) in [5, 5.41) is 18.6. The molecule has 0 saturated heterocycles. The van der Waals surface area contributed by atoms with Crippen molar-refractivity contribution in [1.29, 1.82) is 0 Å². The predicted molar refractivity (Wildman–Crippen MR) is 130 cm³/mol. The Bertz CT molecular complexity index is 1210. The first kappa shape index (κ1) is 25.7. The van der Waals surface area contributed by atoms with Crippen LogP contribution in [0.1, 0.15) is 46.4 Å². The van der Waals surface area contributed by atoms with Crippen LogP contribution >= 0.6 is 34.1 Å². The van der Waals surface area contributed by atoms with Gasteiger partial charge < -0.3 is 24.7 Å². The second kappa shape index (κ2) is 9.76. The highest BCUT2D eigenvalue weighted by Gasteiger charge is 2.33. The van der Waals surface area contributed by atoms with Gasteiger partial charge in [-0.3, -0.25) is 0 Å². The Kier molecular flexibility index (Phi) is 7.61. The van der Waals surface area contributed by atoms with Crippen molar-refractivity contribution in [2.45, 2.75) is 44.9 Å². The normalized spacial score (nSPS) is 14.0. The van der Waals surface area contributed by atoms with Crippen LogP contribution in [-0.2, 0) is 10.0 Å². The number of nitrogens with zero attached hydrogens (tertiary/aromatic N) is 3. The van der Waals surface area contributed by atoms with E-state index in [-0.39, 0.29) is 40.0 Å². The summed E-state index contributed by atoms with van der Waals surface area (Å²) in [6.45, 7) is 9.93. The fourth-order valence-electron chi connectivity index (χ4n) is 3.18. The lowest BCUT2D eigenvalue weighted by atomic mass is 9.85. The fourth-order valence-corrected chi connectivity index (χ4v) is 6.79. The van der Waals surface area contributed by atoms with Crippen LogP contribution in [-0.4, -0.2) is 44.2 Å². The molecule has 0 aliphatic rings. The molecule has 0 saturated carbocycles. The van der Waals surface area contributed by atoms with Gasteiger partial charge in [-0.05, 0) is 5.41 Å². The summed E-state index contributed by atoms with van der Waals surface area (Å²) < 4.78 is 52.3. The largest absolute Gasteiger partial charge is 0.546 e. The number of nitrogens with one attached hydrogen (secondary N) is 2. The van der Waals surface area contributed by atoms with E-state index in [0.717, 1.165) is 11.3 Å². The molecule has 1 unspecified atom stereocenters. The third kappa shape index (κ3) is 5.44. The Morgan fingerprint density at radius 2 is 1.94 bits per heavy atom. The number of rotatable bonds is 9. The van der Waals surface area contributed by atoms with E-state index in [1.807, 2.05) is 20.8 Å². The number of thiophene rings is 1. The van der Waals surface area contributed by atoms with Gasteiger partial charge in [0.15, 0.2) is 21.1 Å². The third-order valence-corrected chi connectivity index (χ3v) is 9.26. The first-order valence-corrected chi connectivity index (χ1v) is 13.8. The standard InChI is InChI=1S/C19H26ClN5O5S3/c1-6-25(7-2)33(28,29)18-14(26)12(10-31-18)21-16-17(24-32(27)23-16)22-15(19(3,4)5)13-8-11(20)9-30-13/h8-10,15,26H,6-7H2,1-5H3,(H,21,23)(H,22,24)/t15-,32?/m0/s1. The molecule has 0 aromatic carbocycles. The van der Waals surface area contributed by atoms with Gasteiger partial charge in [0.25, 0.3) is 10.0 Å². The maximum absolute atomic E-state index is 12.8. The number of aromatic nitrogens is 2. The molecule has 3 aromatic rings. The SMILES string of the molecule is CCN(CC)S(=O)(=O)c1scc(Nc2n[s+]([O-])nc2N[C@@H](c2cc(Cl)co2)C(C)(C)C)c1O. The number of halogens is 1. The fraction of sp³-hybridized carbons (Fsp3) is 0.474. The topological polar surface area (TPSA) is 144 Å². The number of aromatic hydroxyl groups is 1. The lowest BCUT2D eigenvalue weighted by Gasteiger charge is -2.29. The number of hydrogen-bond acceptors (Lipinski definition) is 10. The van der Waals surface area contributed by atoms with E-state index in [4.69, 9.17) is 16.0 Å². The van der Waals surface area contributed by atoms with Crippen molar-refractivity contribution < 1.29 is 22.5 Å². The second-order valence-corrected chi connectivity index (χ2v) is 12.5. The minimum absolute atomic E-state index is 0.0973. The molecule has 3 aromatic heterocycles. The monoisotopic (exact) mass is 535 g/mol. The summed E-state index contributed by atoms with van der Waals surface area (Å²) in [7, 11) is -3.85. The van der Waals surface area contributed by atoms with E-state index in [1.165, 1.54) is 15.9 Å². The summed E-state index contributed by atoms with van der Waals surface area (Å²) >= 11 is 5.01. The van der Waals surface area contributed by atoms with Crippen molar-refractivity contribution in [1.82, 2.24) is 13.1 Å². The van der Waals surface area contributed by atoms with Gasteiger partial charge in [0.05, 0.1) is 16.8 Å². The third-order valence-electron chi connectivity index (χ3n) is 4.85. The van der Waals surface area contributed by atoms with Gasteiger partial charge in [-0.25, -0.2) is 8.42 Å². The Morgan fingerprint density at radius 3 is 2.48 bits per heavy atom. The minimum Gasteiger partial charge on any atom is -0.546 e. The van der Waals surface area contributed by atoms with Gasteiger partial charge >= 0.3 is 0 Å². The lowest BCUT2D eigenvalue weighted by molar-refractivity contribution is 0.304. The molecule has 182 valence electrons. The molecular weight excluding hydrogens is 510 g/mol. The van der Waals surface area contributed by atoms with Crippen LogP contribution in [0.5, 0.6) is 5.75 Å². The van der Waals surface area contributed by atoms with Gasteiger partial charge in [0, 0.05) is 33.3 Å². The average Bonchev–Trinajstić information content (AvgIpc) is 3.39. The summed E-state index contributed by atoms with van der Waals surface area (Å²) in [4.78, 5) is 0. The first-order valence-electron chi connectivity index (χ1n) is 10.1. The lowest BCUT2D eigenvalue weighted by Crippen LogP contribution is -2.30. The molecule has 0 spiro atoms. The van der Waals surface area contributed by atoms with Gasteiger partial charge in [0.2, 0.25) is 11.6 Å². The maximum Gasteiger partial charge on any atom is 0.256 e. The quantitative estimate of drug-likeness (QED) is 0.315. The zero-order valence-electron chi connectivity index (χ0n) is 18.7. The van der Waals surface area contributed by atoms with E-state index in [1.54, 1.807) is 19.9 Å². The van der Waals surface area contributed by atoms with Gasteiger partial charge in [-0.2, -0.15) is 4.31 Å². The smallest absolute Gasteiger partial charge is 0.256 e. The van der Waals surface area contributed by atoms with E-state index in [2.05, 4.69) is 19.4 Å². The Morgan fingerprint density at radius 1 is 1.30 bits per heavy atom. The molecule has 0 radical (unpaired) electrons. The highest BCUT2D eigenvalue weighted by molar-refractivity contribution is 7.91. The number of sulfonamides is 1. The Balaban J connectivity index is 1.93. The molecule has 0 amide bonds. The molecule has 3 rings (SSSR count). The number of furan rings is 1. The summed E-state index contributed by atoms with van der Waals surface area (Å²) in [6.07, 6.45) is 1.42. The van der Waals surface area contributed by atoms with Crippen LogP contribution in [0.4, 0.5) is 17.3 Å². The van der Waals surface area contributed by atoms with Gasteiger partial charge in [-0.1, -0.05) is 46.2 Å². The molecule has 14 heteroatoms. The molecular formula is C19H26ClN5O5S3. The van der Waals surface area contributed by atoms with Crippen molar-refractivity contribution in [3.63, 3.8) is 0 Å². The van der Waals surface area contributed by atoms with Crippen molar-refractivity contribution in [2.75, 3.05) is 23.7 Å². The molecule has 2 atom stereocenters. The highest BCUT2D eigenvalue weighted by Crippen LogP contribution is 2.43. The molecule has 0 fully saturated rings. The van der Waals surface area contributed by atoms with Gasteiger partial charge in [0.1, 0.15) is 12.0 Å². The van der Waals surface area contributed by atoms with Crippen LogP contribution in [0.15, 0.2) is 26.3 Å². The zero-order chi connectivity index (χ0) is 24.6. The van der Waals surface area contributed by atoms with Crippen LogP contribution in [0.25, 0.3) is 0 Å². The average molecular weight is 536 g/mol. The predicted octanol–water partition coefficient (Wildman–Crippen LogP) is 5.19. The molecule has 0 aliphatic carbocycles. The molecule has 0 bridgehead atoms. The van der Waals surface area contributed by atoms with Gasteiger partial charge in [-0.15, -0.1) is 11.3 Å². The number of hydrogen-bond donors (Lipinski definition) is 3. The molecule has 0 aliphatic heterocycles. The second-order valence-electron chi connectivity index (χ2n) is 8.22. The van der Waals surface area contributed by atoms with E-state index in [0.29, 0.717) is 10.8 Å². The minimum atomic E-state index is -3.85. The molecule has 3 heterocycles. The van der Waals surface area contributed by atoms with Crippen molar-refractivity contribution in [2.24, 2.45) is 5.41 Å². The highest BCUT2D eigenvalue weighted by atomic mass is 35.5. The van der Waals surface area contributed by atoms with E-state index < -0.39 is 33.0 Å². The Labute approximate surface area is 204 Å². The van der Waals surface area contributed by atoms with Crippen molar-refractivity contribution >= 4 is 61.4 Å². The summed E-state index contributed by atoms with van der Waals surface area (Å²) in [6, 6.07) is 1.27. The van der Waals surface area contributed by atoms with Crippen LogP contribution < -0.4 is 10.6 Å². The van der Waals surface area contributed by atoms with E-state index in [9.17, 15) is 18.1 Å². The first-order chi connectivity index (χ1) is 15.4. The van der Waals surface area contributed by atoms with Crippen molar-refractivity contribution in [3.05, 3.63) is 28.5 Å². The van der Waals surface area contributed by atoms with Crippen LogP contribution in [0.3, 0.4) is 0 Å². The maximum atomic E-state index is 12.8. The zero-order valence-corrected chi connectivity index (χ0v) is 22.0. The molecule has 10 nitrogen and oxygen atoms in total. The molecule has 3 N–H and O–H groups in total. The van der Waals surface area contributed by atoms with Crippen LogP contribution in [0, 0.1) is 5.41 Å². The molecule has 33 heavy (non-hydrogen) atoms.